The van der Waals surface area contributed by atoms with Crippen molar-refractivity contribution in [2.75, 3.05) is 73.0 Å². The zero-order valence-corrected chi connectivity index (χ0v) is 63.9. The molecule has 580 valence electrons. The zero-order chi connectivity index (χ0) is 77.8. The number of anilines is 1. The van der Waals surface area contributed by atoms with Gasteiger partial charge in [0, 0.05) is 85.2 Å². The van der Waals surface area contributed by atoms with Crippen LogP contribution in [0.2, 0.25) is 0 Å². The molecule has 1 saturated heterocycles. The van der Waals surface area contributed by atoms with E-state index >= 15 is 0 Å². The molecule has 12 amide bonds. The summed E-state index contributed by atoms with van der Waals surface area (Å²) in [5.74, 6) is -6.51. The van der Waals surface area contributed by atoms with Gasteiger partial charge >= 0.3 is 18.1 Å². The van der Waals surface area contributed by atoms with E-state index in [1.54, 1.807) is 93.2 Å². The second kappa shape index (κ2) is 42.8. The minimum absolute atomic E-state index is 0.0562. The number of nitrogens with two attached hydrogens (primary N) is 1. The number of hydrogen-bond acceptors (Lipinski definition) is 16. The molecule has 0 radical (unpaired) electrons. The number of likely N-dealkylation sites (tertiary alicyclic amines) is 1. The Balaban J connectivity index is 1.11. The summed E-state index contributed by atoms with van der Waals surface area (Å²) in [4.78, 5) is 167. The highest BCUT2D eigenvalue weighted by Gasteiger charge is 2.44. The van der Waals surface area contributed by atoms with E-state index < -0.39 is 102 Å². The van der Waals surface area contributed by atoms with Crippen LogP contribution in [0.1, 0.15) is 144 Å². The number of carboxylic acids is 1. The lowest BCUT2D eigenvalue weighted by Crippen LogP contribution is -2.60. The van der Waals surface area contributed by atoms with Gasteiger partial charge in [-0.1, -0.05) is 136 Å². The van der Waals surface area contributed by atoms with E-state index in [4.69, 9.17) is 19.9 Å². The average molecular weight is 1470 g/mol. The fourth-order valence-electron chi connectivity index (χ4n) is 13.7. The number of carboxylic acid groups (broad SMARTS) is 1. The average Bonchev–Trinajstić information content (AvgIpc) is 1.80. The number of likely N-dealkylation sites (N-methyl/N-ethyl adjacent to an activating group) is 2. The first-order valence-corrected chi connectivity index (χ1v) is 36.8. The smallest absolute Gasteiger partial charge is 0.414 e. The molecule has 28 heteroatoms. The Bertz CT molecular complexity index is 3350. The van der Waals surface area contributed by atoms with E-state index in [-0.39, 0.29) is 104 Å². The van der Waals surface area contributed by atoms with Crippen LogP contribution in [0.3, 0.4) is 0 Å². The fraction of sp³-hybridized carbons (Fsp3) is 0.610. The van der Waals surface area contributed by atoms with Crippen LogP contribution in [0.5, 0.6) is 0 Å². The summed E-state index contributed by atoms with van der Waals surface area (Å²) in [7, 11) is 8.14. The monoisotopic (exact) mass is 1460 g/mol. The lowest BCUT2D eigenvalue weighted by atomic mass is 9.89. The fourth-order valence-corrected chi connectivity index (χ4v) is 13.7. The summed E-state index contributed by atoms with van der Waals surface area (Å²) >= 11 is 0. The third-order valence-corrected chi connectivity index (χ3v) is 20.0. The number of imide groups is 1. The van der Waals surface area contributed by atoms with Gasteiger partial charge < -0.3 is 66.8 Å². The maximum absolute atomic E-state index is 14.9. The molecule has 2 aromatic carbocycles. The van der Waals surface area contributed by atoms with E-state index in [9.17, 15) is 62.6 Å². The molecule has 5 rings (SSSR count). The molecule has 0 aromatic heterocycles. The normalized spacial score (nSPS) is 17.9. The van der Waals surface area contributed by atoms with Crippen LogP contribution in [-0.4, -0.2) is 225 Å². The molecule has 2 heterocycles. The summed E-state index contributed by atoms with van der Waals surface area (Å²) in [5.41, 5.74) is 8.21. The molecule has 1 fully saturated rings. The molecule has 9 N–H and O–H groups in total. The number of hydrogen-bond donors (Lipinski definition) is 8. The molecule has 1 aliphatic carbocycles. The van der Waals surface area contributed by atoms with Crippen LogP contribution in [0.25, 0.3) is 0 Å². The molecule has 2 aromatic rings. The lowest BCUT2D eigenvalue weighted by Gasteiger charge is -2.41. The molecule has 0 bridgehead atoms. The summed E-state index contributed by atoms with van der Waals surface area (Å²) < 4.78 is 17.7. The van der Waals surface area contributed by atoms with Crippen LogP contribution in [0.15, 0.2) is 90.6 Å². The second-order valence-electron chi connectivity index (χ2n) is 28.9. The van der Waals surface area contributed by atoms with Gasteiger partial charge in [-0.05, 0) is 111 Å². The third-order valence-electron chi connectivity index (χ3n) is 20.0. The van der Waals surface area contributed by atoms with Crippen molar-refractivity contribution in [2.24, 2.45) is 35.3 Å². The molecular formula is C77H116N12O16. The number of aliphatic carboxylic acids is 1. The molecule has 2 aliphatic heterocycles. The van der Waals surface area contributed by atoms with Crippen molar-refractivity contribution in [2.45, 2.75) is 206 Å². The van der Waals surface area contributed by atoms with E-state index in [0.29, 0.717) is 82.1 Å². The highest BCUT2D eigenvalue weighted by molar-refractivity contribution is 6.12. The Morgan fingerprint density at radius 2 is 1.37 bits per heavy atom. The zero-order valence-electron chi connectivity index (χ0n) is 63.9. The van der Waals surface area contributed by atoms with Gasteiger partial charge in [0.1, 0.15) is 30.8 Å². The summed E-state index contributed by atoms with van der Waals surface area (Å²) in [6.07, 6.45) is 10.5. The number of primary amides is 1. The maximum Gasteiger partial charge on any atom is 0.414 e. The number of nitrogens with one attached hydrogen (secondary N) is 6. The number of methoxy groups -OCH3 is 2. The van der Waals surface area contributed by atoms with Gasteiger partial charge in [-0.25, -0.2) is 14.4 Å². The Morgan fingerprint density at radius 1 is 0.714 bits per heavy atom. The van der Waals surface area contributed by atoms with Gasteiger partial charge in [-0.2, -0.15) is 0 Å². The number of unbranched alkanes of at least 4 members (excludes halogenated alkanes) is 2. The van der Waals surface area contributed by atoms with Crippen molar-refractivity contribution in [3.63, 3.8) is 0 Å². The summed E-state index contributed by atoms with van der Waals surface area (Å²) in [6, 6.07) is 9.41. The number of ether oxygens (including phenoxy) is 3. The summed E-state index contributed by atoms with van der Waals surface area (Å²) in [5, 5.41) is 26.9. The molecular weight excluding hydrogens is 1350 g/mol. The van der Waals surface area contributed by atoms with Crippen molar-refractivity contribution in [3.05, 3.63) is 102 Å². The first kappa shape index (κ1) is 86.6. The number of amides is 12. The van der Waals surface area contributed by atoms with Crippen LogP contribution in [-0.2, 0) is 75.0 Å². The molecule has 28 nitrogen and oxygen atoms in total. The number of carbonyl (C=O) groups excluding carboxylic acids is 11. The topological polar surface area (TPSA) is 367 Å². The van der Waals surface area contributed by atoms with Crippen molar-refractivity contribution < 1.29 is 76.9 Å². The molecule has 0 saturated carbocycles. The minimum atomic E-state index is -1.18. The van der Waals surface area contributed by atoms with Crippen LogP contribution >= 0.6 is 0 Å². The van der Waals surface area contributed by atoms with E-state index in [1.807, 2.05) is 77.8 Å². The van der Waals surface area contributed by atoms with Crippen molar-refractivity contribution in [1.29, 1.82) is 0 Å². The van der Waals surface area contributed by atoms with Gasteiger partial charge in [-0.3, -0.25) is 57.9 Å². The van der Waals surface area contributed by atoms with Gasteiger partial charge in [0.15, 0.2) is 0 Å². The van der Waals surface area contributed by atoms with E-state index in [1.165, 1.54) is 31.3 Å². The number of nitrogens with zero attached hydrogens (tertiary/aromatic N) is 5. The van der Waals surface area contributed by atoms with Crippen molar-refractivity contribution in [3.8, 4) is 0 Å². The van der Waals surface area contributed by atoms with E-state index in [2.05, 4.69) is 31.9 Å². The molecule has 3 aliphatic rings. The maximum atomic E-state index is 14.9. The van der Waals surface area contributed by atoms with Gasteiger partial charge in [-0.15, -0.1) is 0 Å². The predicted octanol–water partition coefficient (Wildman–Crippen LogP) is 5.56. The Kier molecular flexibility index (Phi) is 35.3. The largest absolute Gasteiger partial charge is 0.480 e. The van der Waals surface area contributed by atoms with Crippen LogP contribution < -0.4 is 42.5 Å². The van der Waals surface area contributed by atoms with Gasteiger partial charge in [0.2, 0.25) is 41.4 Å². The standard InChI is InChI=1S/C77H116N12O16/c1-15-50(8)68(60(103-13)45-64(93)88-42-23-27-59(88)69(104-14)51(9)70(94)82-58(75(99)100)44-53-24-18-16-19-25-53)87(12)74(98)66(48(4)5)84-73(97)67(49(6)7)85(10)43-39-52-31-35-56(36-32-52)86(11)77(102)105-46-54-29-33-55(34-30-54)80-71(95)57(26-22-40-79-76(78)101)81-72(96)65(47(2)3)83-61(90)28-20-17-21-41-89-62(91)37-38-63(89)92/h16,18-19,24-25,29-33,35-38,47-51,55,57-60,65-69H,15,17,20-23,26-28,34,39-46H2,1-14H3,(H,80,95)(H,81,96)(H,82,94)(H,83,90)(H,84,97)(H,99,100)(H3,78,79,101). The summed E-state index contributed by atoms with van der Waals surface area (Å²) in [6.45, 7) is 18.1. The number of carbonyl (C=O) groups is 12. The number of rotatable bonds is 43. The lowest BCUT2D eigenvalue weighted by molar-refractivity contribution is -0.148. The molecule has 0 spiro atoms. The third kappa shape index (κ3) is 26.2. The number of urea groups is 1. The highest BCUT2D eigenvalue weighted by atomic mass is 16.6. The second-order valence-corrected chi connectivity index (χ2v) is 28.9. The first-order chi connectivity index (χ1) is 49.8. The van der Waals surface area contributed by atoms with Crippen molar-refractivity contribution >= 4 is 76.9 Å². The first-order valence-electron chi connectivity index (χ1n) is 36.8. The highest BCUT2D eigenvalue weighted by Crippen LogP contribution is 2.31. The van der Waals surface area contributed by atoms with Crippen molar-refractivity contribution in [1.82, 2.24) is 51.5 Å². The Labute approximate surface area is 619 Å². The predicted molar refractivity (Wildman–Crippen MR) is 397 cm³/mol. The SMILES string of the molecule is CCC(C)C(C(CC(=O)N1CCCC1C(OC)C(C)C(=O)NC(Cc1ccccc1)C(=O)O)OC)N(C)C(=O)C(NC(=O)C(C(C)C)N(C)CCc1ccc(N(C)C(=O)OCC2=CCC(NC(=O)C(CCCNC(N)=O)NC(=O)C(NC(=O)CCCCCN3C(=O)C=CC3=O)C(C)C)C=C2)cc1)C(C)C. The number of benzene rings is 2. The van der Waals surface area contributed by atoms with Crippen LogP contribution in [0.4, 0.5) is 15.3 Å². The minimum Gasteiger partial charge on any atom is -0.480 e. The Morgan fingerprint density at radius 3 is 1.95 bits per heavy atom. The molecule has 105 heavy (non-hydrogen) atoms. The Hall–Kier alpha value is -9.02. The molecule has 12 atom stereocenters. The van der Waals surface area contributed by atoms with Gasteiger partial charge in [0.25, 0.3) is 11.8 Å². The molecule has 12 unspecified atom stereocenters. The quantitative estimate of drug-likeness (QED) is 0.0297. The van der Waals surface area contributed by atoms with Gasteiger partial charge in [0.05, 0.1) is 48.7 Å². The van der Waals surface area contributed by atoms with Crippen LogP contribution in [0, 0.1) is 29.6 Å². The van der Waals surface area contributed by atoms with E-state index in [0.717, 1.165) is 16.0 Å².